The van der Waals surface area contributed by atoms with Gasteiger partial charge in [-0.05, 0) is 139 Å². The normalized spacial score (nSPS) is 17.2. The van der Waals surface area contributed by atoms with Crippen molar-refractivity contribution in [2.75, 3.05) is 0 Å². The van der Waals surface area contributed by atoms with Crippen molar-refractivity contribution in [2.45, 2.75) is 94.6 Å². The van der Waals surface area contributed by atoms with Gasteiger partial charge in [0.1, 0.15) is 11.2 Å². The average Bonchev–Trinajstić information content (AvgIpc) is 4.27. The van der Waals surface area contributed by atoms with E-state index in [0.29, 0.717) is 46.0 Å². The quantitative estimate of drug-likeness (QED) is 0.108. The fraction of sp³-hybridized carbons (Fsp3) is 0.224. The van der Waals surface area contributed by atoms with Crippen LogP contribution in [-0.2, 0) is 36.4 Å². The van der Waals surface area contributed by atoms with Gasteiger partial charge < -0.3 is 4.42 Å². The van der Waals surface area contributed by atoms with Crippen LogP contribution >= 0.6 is 0 Å². The van der Waals surface area contributed by atoms with Crippen molar-refractivity contribution in [3.8, 4) is 44.9 Å². The highest BCUT2D eigenvalue weighted by Crippen LogP contribution is 2.47. The lowest BCUT2D eigenvalue weighted by atomic mass is 9.72. The summed E-state index contributed by atoms with van der Waals surface area (Å²) in [5.41, 5.74) is 9.59. The Morgan fingerprint density at radius 1 is 0.569 bits per heavy atom. The second-order valence-electron chi connectivity index (χ2n) is 19.8. The number of fused-ring (bicyclic) bond motifs is 3. The van der Waals surface area contributed by atoms with E-state index in [-0.39, 0.29) is 50.4 Å². The van der Waals surface area contributed by atoms with E-state index in [2.05, 4.69) is 59.4 Å². The maximum atomic E-state index is 10.3. The van der Waals surface area contributed by atoms with E-state index in [9.17, 15) is 5.48 Å². The van der Waals surface area contributed by atoms with Crippen LogP contribution in [0.5, 0.6) is 0 Å². The van der Waals surface area contributed by atoms with E-state index in [4.69, 9.17) is 31.4 Å². The van der Waals surface area contributed by atoms with Gasteiger partial charge in [-0.25, -0.2) is 4.85 Å². The predicted molar refractivity (Wildman–Crippen MR) is 294 cm³/mol. The molecule has 0 amide bonds. The van der Waals surface area contributed by atoms with Crippen molar-refractivity contribution < 1.29 is 15.4 Å². The SMILES string of the molecule is [2H]c1ccc2oc3c(-c4cc(-c5ccccc5C([2H])([2H])[2H])c(C([2H])([2H])C([2H])([2H])c5cc(CC6(c7ccc(-c8ccccc8)nc7)CCCC6)cc(CC6(c7ccc(-c8ccccc8)nc7)CCCC6)c5)cn4)cccc3c2c1[N+]#[C-]. The van der Waals surface area contributed by atoms with Crippen LogP contribution in [0.2, 0.25) is 0 Å². The van der Waals surface area contributed by atoms with Gasteiger partial charge in [0.05, 0.1) is 23.7 Å². The van der Waals surface area contributed by atoms with Gasteiger partial charge in [0.15, 0.2) is 5.69 Å². The molecule has 2 saturated carbocycles. The topological polar surface area (TPSA) is 56.2 Å². The Morgan fingerprint density at radius 2 is 1.15 bits per heavy atom. The summed E-state index contributed by atoms with van der Waals surface area (Å²) in [6, 6.07) is 51.6. The molecule has 0 aliphatic heterocycles. The predicted octanol–water partition coefficient (Wildman–Crippen LogP) is 17.2. The molecule has 10 aromatic rings. The minimum Gasteiger partial charge on any atom is -0.457 e. The van der Waals surface area contributed by atoms with Gasteiger partial charge in [0, 0.05) is 67.8 Å². The third-order valence-electron chi connectivity index (χ3n) is 15.4. The molecule has 0 N–H and O–H groups in total. The first-order valence-electron chi connectivity index (χ1n) is 29.2. The van der Waals surface area contributed by atoms with Crippen LogP contribution in [0.3, 0.4) is 0 Å². The van der Waals surface area contributed by atoms with E-state index >= 15 is 0 Å². The molecular formula is C67H58N4O. The first kappa shape index (κ1) is 36.9. The molecule has 0 radical (unpaired) electrons. The number of hydrogen-bond acceptors (Lipinski definition) is 4. The minimum atomic E-state index is -2.81. The standard InChI is InChI=1S/C67H58N4O/c1-46-17-9-10-22-55(46)58-40-62(56-23-15-24-57-64-61(68-2)25-16-26-63(64)72-65(56)57)69-43-52(58)28-27-47-37-48(41-66(33-11-12-34-66)53-29-31-59(70-44-53)50-18-5-3-6-19-50)39-49(38-47)42-67(35-13-14-36-67)54-30-32-60(71-45-54)51-20-7-4-8-21-51/h3-10,15-26,29-32,37-40,43-45H,11-14,27-28,33-36,41-42H2,1H3/i1D3,25D,27D2,28D2. The molecule has 0 spiro atoms. The molecule has 0 unspecified atom stereocenters. The van der Waals surface area contributed by atoms with Gasteiger partial charge in [-0.3, -0.25) is 15.0 Å². The Bertz CT molecular complexity index is 3850. The summed E-state index contributed by atoms with van der Waals surface area (Å²) in [6.07, 6.45) is 8.88. The summed E-state index contributed by atoms with van der Waals surface area (Å²) in [4.78, 5) is 18.5. The van der Waals surface area contributed by atoms with Gasteiger partial charge >= 0.3 is 0 Å². The van der Waals surface area contributed by atoms with Crippen molar-refractivity contribution in [3.05, 3.63) is 239 Å². The molecule has 12 rings (SSSR count). The lowest BCUT2D eigenvalue weighted by Crippen LogP contribution is -2.27. The zero-order valence-corrected chi connectivity index (χ0v) is 40.1. The van der Waals surface area contributed by atoms with Crippen LogP contribution in [-0.4, -0.2) is 15.0 Å². The number of aryl methyl sites for hydroxylation is 3. The molecule has 2 fully saturated rings. The Hall–Kier alpha value is -7.94. The summed E-state index contributed by atoms with van der Waals surface area (Å²) in [5, 5.41) is 1.09. The minimum absolute atomic E-state index is 0.0213. The van der Waals surface area contributed by atoms with Gasteiger partial charge in [0.25, 0.3) is 0 Å². The summed E-state index contributed by atoms with van der Waals surface area (Å²) in [5.74, 6) is 0. The summed E-state index contributed by atoms with van der Waals surface area (Å²) >= 11 is 0. The van der Waals surface area contributed by atoms with E-state index in [1.165, 1.54) is 18.3 Å². The first-order valence-corrected chi connectivity index (χ1v) is 25.2. The molecule has 0 atom stereocenters. The van der Waals surface area contributed by atoms with Crippen molar-refractivity contribution in [2.24, 2.45) is 0 Å². The molecule has 5 heteroatoms. The zero-order chi connectivity index (χ0) is 55.4. The Labute approximate surface area is 434 Å². The maximum Gasteiger partial charge on any atom is 0.198 e. The largest absolute Gasteiger partial charge is 0.457 e. The second-order valence-corrected chi connectivity index (χ2v) is 19.8. The van der Waals surface area contributed by atoms with Crippen LogP contribution in [0.1, 0.15) is 101 Å². The number of hydrogen-bond donors (Lipinski definition) is 0. The molecule has 6 aromatic carbocycles. The Morgan fingerprint density at radius 3 is 1.75 bits per heavy atom. The lowest BCUT2D eigenvalue weighted by molar-refractivity contribution is 0.430. The number of para-hydroxylation sites is 1. The number of furan rings is 1. The summed E-state index contributed by atoms with van der Waals surface area (Å²) in [7, 11) is 0. The van der Waals surface area contributed by atoms with Crippen LogP contribution in [0.4, 0.5) is 5.69 Å². The third-order valence-corrected chi connectivity index (χ3v) is 15.4. The highest BCUT2D eigenvalue weighted by atomic mass is 16.3. The van der Waals surface area contributed by atoms with Crippen LogP contribution < -0.4 is 0 Å². The number of pyridine rings is 3. The molecule has 72 heavy (non-hydrogen) atoms. The first-order chi connectivity index (χ1) is 38.6. The fourth-order valence-corrected chi connectivity index (χ4v) is 11.9. The molecular weight excluding hydrogens is 877 g/mol. The molecule has 0 bridgehead atoms. The number of nitrogens with zero attached hydrogens (tertiary/aromatic N) is 4. The van der Waals surface area contributed by atoms with Gasteiger partial charge in [0.2, 0.25) is 0 Å². The van der Waals surface area contributed by atoms with E-state index in [1.807, 2.05) is 67.0 Å². The summed E-state index contributed by atoms with van der Waals surface area (Å²) < 4.78 is 81.8. The highest BCUT2D eigenvalue weighted by molar-refractivity contribution is 6.14. The lowest BCUT2D eigenvalue weighted by Gasteiger charge is -2.32. The van der Waals surface area contributed by atoms with Gasteiger partial charge in [-0.1, -0.05) is 165 Å². The maximum absolute atomic E-state index is 10.3. The highest BCUT2D eigenvalue weighted by Gasteiger charge is 2.38. The molecule has 4 heterocycles. The number of aromatic nitrogens is 3. The van der Waals surface area contributed by atoms with Crippen LogP contribution in [0.25, 0.3) is 71.7 Å². The summed E-state index contributed by atoms with van der Waals surface area (Å²) in [6.45, 7) is 5.28. The number of rotatable bonds is 13. The third kappa shape index (κ3) is 8.70. The zero-order valence-electron chi connectivity index (χ0n) is 48.1. The molecule has 2 aliphatic rings. The Balaban J connectivity index is 1.000. The number of benzene rings is 6. The van der Waals surface area contributed by atoms with E-state index in [0.717, 1.165) is 96.1 Å². The smallest absolute Gasteiger partial charge is 0.198 e. The van der Waals surface area contributed by atoms with E-state index < -0.39 is 19.6 Å². The van der Waals surface area contributed by atoms with Gasteiger partial charge in [-0.15, -0.1) is 0 Å². The van der Waals surface area contributed by atoms with Gasteiger partial charge in [-0.2, -0.15) is 0 Å². The van der Waals surface area contributed by atoms with Crippen molar-refractivity contribution >= 4 is 27.6 Å². The van der Waals surface area contributed by atoms with E-state index in [1.54, 1.807) is 42.5 Å². The molecule has 2 aliphatic carbocycles. The van der Waals surface area contributed by atoms with Crippen LogP contribution in [0.15, 0.2) is 193 Å². The molecule has 0 saturated heterocycles. The van der Waals surface area contributed by atoms with Crippen molar-refractivity contribution in [3.63, 3.8) is 0 Å². The molecule has 4 aromatic heterocycles. The molecule has 5 nitrogen and oxygen atoms in total. The van der Waals surface area contributed by atoms with Crippen molar-refractivity contribution in [1.82, 2.24) is 15.0 Å². The van der Waals surface area contributed by atoms with Crippen LogP contribution in [0, 0.1) is 13.4 Å². The monoisotopic (exact) mass is 943 g/mol. The van der Waals surface area contributed by atoms with Crippen molar-refractivity contribution in [1.29, 1.82) is 0 Å². The average molecular weight is 943 g/mol. The Kier molecular flexibility index (Phi) is 9.92. The second kappa shape index (κ2) is 19.3. The molecule has 352 valence electrons. The fourth-order valence-electron chi connectivity index (χ4n) is 11.9.